The summed E-state index contributed by atoms with van der Waals surface area (Å²) < 4.78 is 13.5. The molecule has 1 aromatic heterocycles. The zero-order chi connectivity index (χ0) is 50.5. The van der Waals surface area contributed by atoms with E-state index in [4.69, 9.17) is 9.98 Å². The molecule has 0 aliphatic carbocycles. The van der Waals surface area contributed by atoms with Crippen molar-refractivity contribution in [2.45, 2.75) is 75.0 Å². The molecule has 6 aliphatic rings. The molecule has 7 heterocycles. The van der Waals surface area contributed by atoms with E-state index in [1.54, 1.807) is 18.4 Å². The van der Waals surface area contributed by atoms with Gasteiger partial charge in [-0.05, 0) is 121 Å². The molecule has 388 valence electrons. The van der Waals surface area contributed by atoms with Gasteiger partial charge in [-0.3, -0.25) is 24.2 Å². The lowest BCUT2D eigenvalue weighted by Gasteiger charge is -2.61. The lowest BCUT2D eigenvalue weighted by molar-refractivity contribution is -0.138. The quantitative estimate of drug-likeness (QED) is 0.102. The van der Waals surface area contributed by atoms with E-state index in [-0.39, 0.29) is 46.7 Å². The number of nitrogens with zero attached hydrogens (tertiary/aromatic N) is 7. The molecule has 3 amide bonds. The van der Waals surface area contributed by atoms with Crippen LogP contribution in [0.25, 0.3) is 11.3 Å². The molecule has 3 N–H and O–H groups in total. The Morgan fingerprint density at radius 3 is 2.05 bits per heavy atom. The Morgan fingerprint density at radius 1 is 0.767 bits per heavy atom. The number of benzene rings is 3. The Morgan fingerprint density at radius 2 is 1.40 bits per heavy atom. The number of Topliss-reactive ketones (excluding diaryl/α,β-unsaturated/α-hetero) is 1. The fraction of sp³-hybridized carbons (Fsp3) is 0.536. The number of nitrogens with one attached hydrogen (secondary N) is 3. The van der Waals surface area contributed by atoms with Crippen molar-refractivity contribution in [3.63, 3.8) is 0 Å². The zero-order valence-corrected chi connectivity index (χ0v) is 44.0. The highest BCUT2D eigenvalue weighted by molar-refractivity contribution is 8.14. The van der Waals surface area contributed by atoms with Crippen LogP contribution in [0.2, 0.25) is 0 Å². The maximum Gasteiger partial charge on any atom is 0.251 e. The number of thioether (sulfide) groups is 1. The number of aromatic nitrogens is 1. The van der Waals surface area contributed by atoms with Gasteiger partial charge in [-0.15, -0.1) is 23.1 Å². The number of likely N-dealkylation sites (N-methyl/N-ethyl adjacent to an activating group) is 1. The highest BCUT2D eigenvalue weighted by atomic mass is 32.2. The Kier molecular flexibility index (Phi) is 16.2. The Balaban J connectivity index is 0.662. The number of carbonyl (C=O) groups is 4. The van der Waals surface area contributed by atoms with E-state index in [1.807, 2.05) is 48.2 Å². The lowest BCUT2D eigenvalue weighted by atomic mass is 9.73. The van der Waals surface area contributed by atoms with Crippen molar-refractivity contribution in [2.75, 3.05) is 104 Å². The van der Waals surface area contributed by atoms with Crippen molar-refractivity contribution in [1.29, 1.82) is 0 Å². The largest absolute Gasteiger partial charge is 0.351 e. The fourth-order valence-corrected chi connectivity index (χ4v) is 14.3. The van der Waals surface area contributed by atoms with Crippen molar-refractivity contribution in [1.82, 2.24) is 45.4 Å². The van der Waals surface area contributed by atoms with Gasteiger partial charge in [-0.1, -0.05) is 48.5 Å². The predicted octanol–water partition coefficient (Wildman–Crippen LogP) is 5.52. The molecule has 1 spiro atoms. The van der Waals surface area contributed by atoms with Gasteiger partial charge in [-0.2, -0.15) is 0 Å². The summed E-state index contributed by atoms with van der Waals surface area (Å²) in [6.45, 7) is 15.5. The average Bonchev–Trinajstić information content (AvgIpc) is 4.22. The number of hydrogen-bond donors (Lipinski definition) is 3. The van der Waals surface area contributed by atoms with Gasteiger partial charge >= 0.3 is 0 Å². The van der Waals surface area contributed by atoms with Gasteiger partial charge in [0.05, 0.1) is 22.8 Å². The van der Waals surface area contributed by atoms with Crippen LogP contribution in [0, 0.1) is 17.2 Å². The number of aliphatic imine (C=N–C) groups is 1. The number of halogens is 1. The molecule has 1 unspecified atom stereocenters. The van der Waals surface area contributed by atoms with E-state index >= 15 is 0 Å². The maximum atomic E-state index is 14.6. The first-order valence-electron chi connectivity index (χ1n) is 26.5. The first-order chi connectivity index (χ1) is 35.5. The van der Waals surface area contributed by atoms with E-state index in [9.17, 15) is 23.6 Å². The number of likely N-dealkylation sites (tertiary alicyclic amines) is 5. The van der Waals surface area contributed by atoms with Crippen LogP contribution in [0.5, 0.6) is 0 Å². The lowest BCUT2D eigenvalue weighted by Crippen LogP contribution is -2.72. The minimum atomic E-state index is -0.633. The number of piperidine rings is 2. The molecule has 3 aromatic carbocycles. The van der Waals surface area contributed by atoms with Gasteiger partial charge in [0.15, 0.2) is 5.78 Å². The van der Waals surface area contributed by atoms with Crippen LogP contribution in [0.15, 0.2) is 95.3 Å². The third-order valence-corrected chi connectivity index (χ3v) is 18.8. The van der Waals surface area contributed by atoms with Crippen LogP contribution in [0.1, 0.15) is 71.2 Å². The molecule has 0 radical (unpaired) electrons. The van der Waals surface area contributed by atoms with E-state index < -0.39 is 18.1 Å². The minimum Gasteiger partial charge on any atom is -0.351 e. The molecule has 0 saturated carbocycles. The maximum absolute atomic E-state index is 14.6. The van der Waals surface area contributed by atoms with Crippen molar-refractivity contribution in [2.24, 2.45) is 16.3 Å². The summed E-state index contributed by atoms with van der Waals surface area (Å²) in [5.41, 5.74) is 3.44. The normalized spacial score (nSPS) is 23.3. The van der Waals surface area contributed by atoms with Crippen molar-refractivity contribution in [3.8, 4) is 11.3 Å². The summed E-state index contributed by atoms with van der Waals surface area (Å²) in [4.78, 5) is 76.7. The Labute approximate surface area is 437 Å². The molecular formula is C56H71FN10O4S2. The van der Waals surface area contributed by atoms with Gasteiger partial charge in [0.2, 0.25) is 11.8 Å². The Hall–Kier alpha value is -4.88. The summed E-state index contributed by atoms with van der Waals surface area (Å²) in [5.74, 6) is -0.291. The monoisotopic (exact) mass is 1030 g/mol. The van der Waals surface area contributed by atoms with Crippen LogP contribution in [-0.4, -0.2) is 187 Å². The molecule has 4 atom stereocenters. The average molecular weight is 1030 g/mol. The molecule has 73 heavy (non-hydrogen) atoms. The second-order valence-corrected chi connectivity index (χ2v) is 23.4. The van der Waals surface area contributed by atoms with Gasteiger partial charge in [0.25, 0.3) is 5.91 Å². The second-order valence-electron chi connectivity index (χ2n) is 21.5. The van der Waals surface area contributed by atoms with Crippen LogP contribution in [-0.2, 0) is 15.0 Å². The molecule has 5 saturated heterocycles. The van der Waals surface area contributed by atoms with Crippen LogP contribution in [0.4, 0.5) is 4.39 Å². The molecule has 5 fully saturated rings. The van der Waals surface area contributed by atoms with Crippen molar-refractivity contribution < 1.29 is 23.6 Å². The molecular weight excluding hydrogens is 960 g/mol. The molecule has 0 bridgehead atoms. The first-order valence-corrected chi connectivity index (χ1v) is 28.4. The van der Waals surface area contributed by atoms with Gasteiger partial charge in [0.1, 0.15) is 22.9 Å². The number of carbonyl (C=O) groups excluding carboxylic acids is 4. The summed E-state index contributed by atoms with van der Waals surface area (Å²) in [6, 6.07) is 23.6. The third kappa shape index (κ3) is 11.8. The third-order valence-electron chi connectivity index (χ3n) is 16.6. The standard InChI is InChI=1S/C56H71FN10O4S2/c1-39(58-2)50(69)62-48(53(71)67-23-9-14-47(67)52-60-46(33-72-52)49(68)42-15-17-44(57)18-16-42)41-19-24-63(25-20-41)28-30-65-35-55(36-65)37-66(38-55)31-29-64-26-21-56(22-27-64,34-59-51(70)43-12-7-4-8-13-43)54-61-45(32-73-54)40-10-5-3-6-11-40/h3-8,10-13,15-18,32,39,41,46-48,58H,9,14,19-31,33-38H2,1-2H3,(H,59,70)(H,62,69)/t39-,46?,47-,48-/m0/s1. The highest BCUT2D eigenvalue weighted by Crippen LogP contribution is 2.41. The summed E-state index contributed by atoms with van der Waals surface area (Å²) in [6.07, 6.45) is 5.16. The molecule has 14 nitrogen and oxygen atoms in total. The zero-order valence-electron chi connectivity index (χ0n) is 42.4. The predicted molar refractivity (Wildman–Crippen MR) is 288 cm³/mol. The number of hydrogen-bond acceptors (Lipinski definition) is 13. The summed E-state index contributed by atoms with van der Waals surface area (Å²) in [5, 5.41) is 13.6. The minimum absolute atomic E-state index is 0.0171. The fourth-order valence-electron chi connectivity index (χ4n) is 12.0. The topological polar surface area (TPSA) is 146 Å². The van der Waals surface area contributed by atoms with E-state index in [0.29, 0.717) is 35.4 Å². The highest BCUT2D eigenvalue weighted by Gasteiger charge is 2.51. The van der Waals surface area contributed by atoms with Crippen molar-refractivity contribution in [3.05, 3.63) is 112 Å². The summed E-state index contributed by atoms with van der Waals surface area (Å²) >= 11 is 3.25. The van der Waals surface area contributed by atoms with E-state index in [0.717, 1.165) is 138 Å². The van der Waals surface area contributed by atoms with E-state index in [1.165, 1.54) is 36.0 Å². The first kappa shape index (κ1) is 51.6. The number of ketones is 1. The molecule has 10 rings (SSSR count). The van der Waals surface area contributed by atoms with Crippen LogP contribution in [0.3, 0.4) is 0 Å². The SMILES string of the molecule is CN[C@@H](C)C(=O)N[C@H](C(=O)N1CCC[C@H]1C1=NC(C(=O)c2ccc(F)cc2)CS1)C1CCN(CCN2CC3(C2)CN(CCN2CCC(CNC(=O)c4ccccc4)(c4nc(-c5ccccc5)cs4)CC2)C3)CC1. The van der Waals surface area contributed by atoms with Gasteiger partial charge in [0, 0.05) is 104 Å². The number of amides is 3. The van der Waals surface area contributed by atoms with Gasteiger partial charge < -0.3 is 40.4 Å². The molecule has 4 aromatic rings. The van der Waals surface area contributed by atoms with Crippen LogP contribution >= 0.6 is 23.1 Å². The number of rotatable bonds is 19. The van der Waals surface area contributed by atoms with Crippen LogP contribution < -0.4 is 16.0 Å². The molecule has 17 heteroatoms. The summed E-state index contributed by atoms with van der Waals surface area (Å²) in [7, 11) is 1.75. The number of thiazole rings is 1. The van der Waals surface area contributed by atoms with Gasteiger partial charge in [-0.25, -0.2) is 9.37 Å². The second kappa shape index (κ2) is 22.9. The smallest absolute Gasteiger partial charge is 0.251 e. The van der Waals surface area contributed by atoms with E-state index in [2.05, 4.69) is 65.2 Å². The molecule has 6 aliphatic heterocycles. The Bertz CT molecular complexity index is 2570. The van der Waals surface area contributed by atoms with Crippen molar-refractivity contribution >= 4 is 51.6 Å².